The van der Waals surface area contributed by atoms with E-state index in [1.807, 2.05) is 78.9 Å². The van der Waals surface area contributed by atoms with Crippen LogP contribution in [-0.4, -0.2) is 0 Å². The van der Waals surface area contributed by atoms with Gasteiger partial charge in [-0.3, -0.25) is 0 Å². The Kier molecular flexibility index (Phi) is 4.11. The lowest BCUT2D eigenvalue weighted by Crippen LogP contribution is -1.78. The molecule has 0 spiro atoms. The first kappa shape index (κ1) is 11.9. The third-order valence-corrected chi connectivity index (χ3v) is 2.56. The van der Waals surface area contributed by atoms with Crippen molar-refractivity contribution in [2.75, 3.05) is 0 Å². The maximum Gasteiger partial charge on any atom is 0.0997 e. The van der Waals surface area contributed by atoms with Crippen LogP contribution in [0.3, 0.4) is 0 Å². The van der Waals surface area contributed by atoms with Crippen LogP contribution in [0.1, 0.15) is 11.1 Å². The Labute approximate surface area is 107 Å². The van der Waals surface area contributed by atoms with Crippen LogP contribution in [0.2, 0.25) is 0 Å². The van der Waals surface area contributed by atoms with Crippen molar-refractivity contribution in [3.8, 4) is 6.07 Å². The Morgan fingerprint density at radius 3 is 2.11 bits per heavy atom. The standard InChI is InChI=1S/C17H13N/c18-14-17(16-11-5-2-6-12-16)13-7-10-15-8-3-1-4-9-15/h1-13H/b10-7-,17-13-. The molecule has 0 aromatic heterocycles. The van der Waals surface area contributed by atoms with Gasteiger partial charge in [0.05, 0.1) is 11.6 Å². The zero-order valence-electron chi connectivity index (χ0n) is 9.95. The summed E-state index contributed by atoms with van der Waals surface area (Å²) in [4.78, 5) is 0. The average Bonchev–Trinajstić information content (AvgIpc) is 2.46. The van der Waals surface area contributed by atoms with Crippen LogP contribution in [0.25, 0.3) is 11.6 Å². The summed E-state index contributed by atoms with van der Waals surface area (Å²) in [6.45, 7) is 0. The van der Waals surface area contributed by atoms with E-state index in [9.17, 15) is 0 Å². The van der Waals surface area contributed by atoms with Crippen LogP contribution in [0, 0.1) is 11.3 Å². The fourth-order valence-electron chi connectivity index (χ4n) is 1.64. The molecule has 0 amide bonds. The van der Waals surface area contributed by atoms with Crippen molar-refractivity contribution < 1.29 is 0 Å². The van der Waals surface area contributed by atoms with Crippen molar-refractivity contribution in [3.05, 3.63) is 83.9 Å². The minimum Gasteiger partial charge on any atom is -0.192 e. The highest BCUT2D eigenvalue weighted by molar-refractivity contribution is 5.78. The number of nitrogens with zero attached hydrogens (tertiary/aromatic N) is 1. The van der Waals surface area contributed by atoms with Crippen LogP contribution in [0.5, 0.6) is 0 Å². The second-order valence-corrected chi connectivity index (χ2v) is 3.83. The zero-order chi connectivity index (χ0) is 12.6. The van der Waals surface area contributed by atoms with Gasteiger partial charge < -0.3 is 0 Å². The Balaban J connectivity index is 2.18. The number of hydrogen-bond donors (Lipinski definition) is 0. The minimum atomic E-state index is 0.669. The summed E-state index contributed by atoms with van der Waals surface area (Å²) in [7, 11) is 0. The molecule has 18 heavy (non-hydrogen) atoms. The number of rotatable bonds is 3. The SMILES string of the molecule is N#C/C(=C/C=C\c1ccccc1)c1ccccc1. The summed E-state index contributed by atoms with van der Waals surface area (Å²) in [5.74, 6) is 0. The molecular weight excluding hydrogens is 218 g/mol. The van der Waals surface area contributed by atoms with Gasteiger partial charge in [0.25, 0.3) is 0 Å². The molecule has 0 unspecified atom stereocenters. The molecule has 2 aromatic rings. The molecule has 86 valence electrons. The van der Waals surface area contributed by atoms with Crippen molar-refractivity contribution in [3.63, 3.8) is 0 Å². The quantitative estimate of drug-likeness (QED) is 0.570. The molecule has 2 aromatic carbocycles. The maximum absolute atomic E-state index is 9.12. The van der Waals surface area contributed by atoms with E-state index in [-0.39, 0.29) is 0 Å². The molecule has 1 heteroatoms. The van der Waals surface area contributed by atoms with Gasteiger partial charge in [-0.15, -0.1) is 0 Å². The number of allylic oxidation sites excluding steroid dienone is 3. The summed E-state index contributed by atoms with van der Waals surface area (Å²) in [6, 6.07) is 21.9. The highest BCUT2D eigenvalue weighted by Crippen LogP contribution is 2.13. The number of hydrogen-bond acceptors (Lipinski definition) is 1. The van der Waals surface area contributed by atoms with Gasteiger partial charge >= 0.3 is 0 Å². The van der Waals surface area contributed by atoms with Crippen LogP contribution >= 0.6 is 0 Å². The Morgan fingerprint density at radius 1 is 0.889 bits per heavy atom. The van der Waals surface area contributed by atoms with E-state index in [2.05, 4.69) is 6.07 Å². The zero-order valence-corrected chi connectivity index (χ0v) is 9.95. The van der Waals surface area contributed by atoms with E-state index in [0.717, 1.165) is 11.1 Å². The van der Waals surface area contributed by atoms with Gasteiger partial charge in [-0.2, -0.15) is 5.26 Å². The van der Waals surface area contributed by atoms with Crippen molar-refractivity contribution in [2.45, 2.75) is 0 Å². The lowest BCUT2D eigenvalue weighted by Gasteiger charge is -1.96. The summed E-state index contributed by atoms with van der Waals surface area (Å²) >= 11 is 0. The van der Waals surface area contributed by atoms with Gasteiger partial charge in [0.1, 0.15) is 0 Å². The molecule has 0 aliphatic carbocycles. The fourth-order valence-corrected chi connectivity index (χ4v) is 1.64. The van der Waals surface area contributed by atoms with Crippen LogP contribution < -0.4 is 0 Å². The average molecular weight is 231 g/mol. The Morgan fingerprint density at radius 2 is 1.50 bits per heavy atom. The molecule has 2 rings (SSSR count). The normalized spacial score (nSPS) is 11.4. The lowest BCUT2D eigenvalue weighted by molar-refractivity contribution is 1.52. The molecule has 0 aliphatic rings. The molecule has 0 bridgehead atoms. The van der Waals surface area contributed by atoms with Gasteiger partial charge in [-0.05, 0) is 17.2 Å². The maximum atomic E-state index is 9.12. The second kappa shape index (κ2) is 6.22. The molecule has 0 fully saturated rings. The molecule has 0 radical (unpaired) electrons. The largest absolute Gasteiger partial charge is 0.192 e. The summed E-state index contributed by atoms with van der Waals surface area (Å²) in [5, 5.41) is 9.12. The molecular formula is C17H13N. The van der Waals surface area contributed by atoms with Gasteiger partial charge in [0.2, 0.25) is 0 Å². The van der Waals surface area contributed by atoms with E-state index < -0.39 is 0 Å². The highest BCUT2D eigenvalue weighted by Gasteiger charge is 1.96. The molecule has 0 atom stereocenters. The smallest absolute Gasteiger partial charge is 0.0997 e. The van der Waals surface area contributed by atoms with Crippen molar-refractivity contribution in [1.29, 1.82) is 5.26 Å². The Hall–Kier alpha value is -2.59. The number of nitriles is 1. The van der Waals surface area contributed by atoms with Crippen LogP contribution in [0.15, 0.2) is 72.8 Å². The fraction of sp³-hybridized carbons (Fsp3) is 0. The summed E-state index contributed by atoms with van der Waals surface area (Å²) < 4.78 is 0. The molecule has 0 heterocycles. The predicted octanol–water partition coefficient (Wildman–Crippen LogP) is 4.31. The summed E-state index contributed by atoms with van der Waals surface area (Å²) in [5.41, 5.74) is 2.74. The van der Waals surface area contributed by atoms with Gasteiger partial charge in [0, 0.05) is 0 Å². The highest BCUT2D eigenvalue weighted by atomic mass is 14.2. The van der Waals surface area contributed by atoms with Crippen LogP contribution in [0.4, 0.5) is 0 Å². The van der Waals surface area contributed by atoms with E-state index in [1.165, 1.54) is 0 Å². The van der Waals surface area contributed by atoms with E-state index in [0.29, 0.717) is 5.57 Å². The lowest BCUT2D eigenvalue weighted by atomic mass is 10.1. The minimum absolute atomic E-state index is 0.669. The van der Waals surface area contributed by atoms with E-state index in [4.69, 9.17) is 5.26 Å². The van der Waals surface area contributed by atoms with Gasteiger partial charge in [-0.1, -0.05) is 72.8 Å². The first-order valence-electron chi connectivity index (χ1n) is 5.79. The Bertz CT molecular complexity index is 587. The molecule has 0 N–H and O–H groups in total. The van der Waals surface area contributed by atoms with Gasteiger partial charge in [-0.25, -0.2) is 0 Å². The molecule has 0 aliphatic heterocycles. The third-order valence-electron chi connectivity index (χ3n) is 2.56. The van der Waals surface area contributed by atoms with Crippen molar-refractivity contribution >= 4 is 11.6 Å². The van der Waals surface area contributed by atoms with Crippen LogP contribution in [-0.2, 0) is 0 Å². The van der Waals surface area contributed by atoms with E-state index >= 15 is 0 Å². The molecule has 1 nitrogen and oxygen atoms in total. The summed E-state index contributed by atoms with van der Waals surface area (Å²) in [6.07, 6.45) is 5.73. The van der Waals surface area contributed by atoms with Gasteiger partial charge in [0.15, 0.2) is 0 Å². The third kappa shape index (κ3) is 3.20. The van der Waals surface area contributed by atoms with Crippen molar-refractivity contribution in [2.24, 2.45) is 0 Å². The second-order valence-electron chi connectivity index (χ2n) is 3.83. The number of benzene rings is 2. The first-order valence-corrected chi connectivity index (χ1v) is 5.79. The monoisotopic (exact) mass is 231 g/mol. The van der Waals surface area contributed by atoms with Crippen molar-refractivity contribution in [1.82, 2.24) is 0 Å². The molecule has 0 saturated heterocycles. The molecule has 0 saturated carbocycles. The predicted molar refractivity (Wildman–Crippen MR) is 75.5 cm³/mol. The topological polar surface area (TPSA) is 23.8 Å². The first-order chi connectivity index (χ1) is 8.90. The van der Waals surface area contributed by atoms with E-state index in [1.54, 1.807) is 0 Å².